The Kier molecular flexibility index (Phi) is 4.07. The van der Waals surface area contributed by atoms with Crippen molar-refractivity contribution in [1.82, 2.24) is 15.0 Å². The zero-order valence-electron chi connectivity index (χ0n) is 12.9. The molecule has 0 bridgehead atoms. The van der Waals surface area contributed by atoms with Crippen LogP contribution >= 0.6 is 0 Å². The average Bonchev–Trinajstić information content (AvgIpc) is 2.56. The third kappa shape index (κ3) is 3.46. The van der Waals surface area contributed by atoms with Gasteiger partial charge in [-0.2, -0.15) is 15.0 Å². The molecule has 7 heteroatoms. The summed E-state index contributed by atoms with van der Waals surface area (Å²) in [7, 11) is 0. The first kappa shape index (κ1) is 15.4. The molecule has 0 unspecified atom stereocenters. The highest BCUT2D eigenvalue weighted by Crippen LogP contribution is 2.20. The van der Waals surface area contributed by atoms with E-state index in [1.807, 2.05) is 31.2 Å². The van der Waals surface area contributed by atoms with Gasteiger partial charge in [-0.3, -0.25) is 0 Å². The molecule has 0 atom stereocenters. The second-order valence-electron chi connectivity index (χ2n) is 5.22. The number of nitrogens with zero attached hydrogens (tertiary/aromatic N) is 3. The highest BCUT2D eigenvalue weighted by Gasteiger charge is 2.10. The molecule has 1 aromatic heterocycles. The SMILES string of the molecule is Cc1ccc(Nc2nc(N)nc(-c3cccc(C(=O)O)c3)n2)cc1. The van der Waals surface area contributed by atoms with E-state index < -0.39 is 5.97 Å². The van der Waals surface area contributed by atoms with Gasteiger partial charge in [-0.1, -0.05) is 29.8 Å². The summed E-state index contributed by atoms with van der Waals surface area (Å²) in [6.45, 7) is 2.00. The van der Waals surface area contributed by atoms with Crippen molar-refractivity contribution in [2.75, 3.05) is 11.1 Å². The van der Waals surface area contributed by atoms with Crippen molar-refractivity contribution in [1.29, 1.82) is 0 Å². The van der Waals surface area contributed by atoms with Crippen LogP contribution in [0.25, 0.3) is 11.4 Å². The smallest absolute Gasteiger partial charge is 0.335 e. The molecule has 3 rings (SSSR count). The number of carboxylic acids is 1. The molecule has 1 heterocycles. The van der Waals surface area contributed by atoms with Gasteiger partial charge in [0.1, 0.15) is 0 Å². The van der Waals surface area contributed by atoms with Crippen molar-refractivity contribution in [3.63, 3.8) is 0 Å². The number of rotatable bonds is 4. The monoisotopic (exact) mass is 321 g/mol. The predicted octanol–water partition coefficient (Wildman–Crippen LogP) is 2.87. The summed E-state index contributed by atoms with van der Waals surface area (Å²) < 4.78 is 0. The van der Waals surface area contributed by atoms with Crippen LogP contribution in [0.1, 0.15) is 15.9 Å². The van der Waals surface area contributed by atoms with Crippen LogP contribution in [0.4, 0.5) is 17.6 Å². The number of aryl methyl sites for hydroxylation is 1. The van der Waals surface area contributed by atoms with Gasteiger partial charge in [0.15, 0.2) is 5.82 Å². The van der Waals surface area contributed by atoms with Gasteiger partial charge in [-0.25, -0.2) is 4.79 Å². The summed E-state index contributed by atoms with van der Waals surface area (Å²) in [4.78, 5) is 23.6. The molecule has 0 radical (unpaired) electrons. The van der Waals surface area contributed by atoms with E-state index in [2.05, 4.69) is 20.3 Å². The average molecular weight is 321 g/mol. The van der Waals surface area contributed by atoms with E-state index in [0.29, 0.717) is 17.3 Å². The van der Waals surface area contributed by atoms with Gasteiger partial charge in [0.2, 0.25) is 11.9 Å². The second-order valence-corrected chi connectivity index (χ2v) is 5.22. The summed E-state index contributed by atoms with van der Waals surface area (Å²) in [6, 6.07) is 14.1. The first-order valence-electron chi connectivity index (χ1n) is 7.20. The fourth-order valence-corrected chi connectivity index (χ4v) is 2.13. The van der Waals surface area contributed by atoms with Crippen LogP contribution in [0.15, 0.2) is 48.5 Å². The first-order chi connectivity index (χ1) is 11.5. The molecule has 0 saturated carbocycles. The van der Waals surface area contributed by atoms with Crippen molar-refractivity contribution in [2.45, 2.75) is 6.92 Å². The van der Waals surface area contributed by atoms with Crippen LogP contribution in [-0.4, -0.2) is 26.0 Å². The topological polar surface area (TPSA) is 114 Å². The third-order valence-electron chi connectivity index (χ3n) is 3.33. The molecule has 0 aliphatic carbocycles. The van der Waals surface area contributed by atoms with Crippen LogP contribution in [0.5, 0.6) is 0 Å². The standard InChI is InChI=1S/C17H15N5O2/c1-10-5-7-13(8-6-10)19-17-21-14(20-16(18)22-17)11-3-2-4-12(9-11)15(23)24/h2-9H,1H3,(H,23,24)(H3,18,19,20,21,22). The minimum atomic E-state index is -1.02. The molecule has 120 valence electrons. The van der Waals surface area contributed by atoms with Crippen molar-refractivity contribution >= 4 is 23.6 Å². The number of anilines is 3. The number of nitrogens with two attached hydrogens (primary N) is 1. The number of aromatic nitrogens is 3. The van der Waals surface area contributed by atoms with Crippen molar-refractivity contribution < 1.29 is 9.90 Å². The predicted molar refractivity (Wildman–Crippen MR) is 91.1 cm³/mol. The lowest BCUT2D eigenvalue weighted by Gasteiger charge is -2.08. The van der Waals surface area contributed by atoms with Crippen molar-refractivity contribution in [2.24, 2.45) is 0 Å². The summed E-state index contributed by atoms with van der Waals surface area (Å²) in [6.07, 6.45) is 0. The zero-order valence-corrected chi connectivity index (χ0v) is 12.9. The maximum Gasteiger partial charge on any atom is 0.335 e. The molecule has 2 aromatic carbocycles. The van der Waals surface area contributed by atoms with E-state index in [9.17, 15) is 4.79 Å². The Morgan fingerprint density at radius 2 is 1.83 bits per heavy atom. The maximum atomic E-state index is 11.1. The summed E-state index contributed by atoms with van der Waals surface area (Å²) >= 11 is 0. The molecule has 24 heavy (non-hydrogen) atoms. The summed E-state index contributed by atoms with van der Waals surface area (Å²) in [5, 5.41) is 12.2. The molecule has 7 nitrogen and oxygen atoms in total. The number of aromatic carboxylic acids is 1. The minimum Gasteiger partial charge on any atom is -0.478 e. The van der Waals surface area contributed by atoms with Gasteiger partial charge in [0.05, 0.1) is 5.56 Å². The Bertz CT molecular complexity index is 894. The molecule has 0 aliphatic rings. The van der Waals surface area contributed by atoms with Gasteiger partial charge in [-0.15, -0.1) is 0 Å². The number of carboxylic acid groups (broad SMARTS) is 1. The fourth-order valence-electron chi connectivity index (χ4n) is 2.13. The van der Waals surface area contributed by atoms with E-state index in [1.54, 1.807) is 12.1 Å². The Morgan fingerprint density at radius 1 is 1.08 bits per heavy atom. The van der Waals surface area contributed by atoms with Gasteiger partial charge in [0, 0.05) is 11.3 Å². The molecular formula is C17H15N5O2. The quantitative estimate of drug-likeness (QED) is 0.677. The Balaban J connectivity index is 1.95. The van der Waals surface area contributed by atoms with Crippen LogP contribution in [0.2, 0.25) is 0 Å². The van der Waals surface area contributed by atoms with Gasteiger partial charge < -0.3 is 16.2 Å². The van der Waals surface area contributed by atoms with E-state index in [1.165, 1.54) is 12.1 Å². The minimum absolute atomic E-state index is 0.0512. The van der Waals surface area contributed by atoms with Gasteiger partial charge in [0.25, 0.3) is 0 Å². The first-order valence-corrected chi connectivity index (χ1v) is 7.20. The van der Waals surface area contributed by atoms with Crippen molar-refractivity contribution in [3.8, 4) is 11.4 Å². The van der Waals surface area contributed by atoms with E-state index >= 15 is 0 Å². The van der Waals surface area contributed by atoms with Crippen LogP contribution in [0.3, 0.4) is 0 Å². The Labute approximate surface area is 138 Å². The van der Waals surface area contributed by atoms with Gasteiger partial charge >= 0.3 is 5.97 Å². The van der Waals surface area contributed by atoms with Crippen molar-refractivity contribution in [3.05, 3.63) is 59.7 Å². The van der Waals surface area contributed by atoms with Crippen LogP contribution in [-0.2, 0) is 0 Å². The number of nitrogen functional groups attached to an aromatic ring is 1. The zero-order chi connectivity index (χ0) is 17.1. The normalized spacial score (nSPS) is 10.4. The van der Waals surface area contributed by atoms with E-state index in [0.717, 1.165) is 11.3 Å². The summed E-state index contributed by atoms with van der Waals surface area (Å²) in [5.74, 6) is -0.366. The Hall–Kier alpha value is -3.48. The molecular weight excluding hydrogens is 306 g/mol. The highest BCUT2D eigenvalue weighted by molar-refractivity contribution is 5.89. The molecule has 0 saturated heterocycles. The molecule has 0 amide bonds. The molecule has 4 N–H and O–H groups in total. The summed E-state index contributed by atoms with van der Waals surface area (Å²) in [5.41, 5.74) is 8.41. The van der Waals surface area contributed by atoms with Gasteiger partial charge in [-0.05, 0) is 31.2 Å². The lowest BCUT2D eigenvalue weighted by molar-refractivity contribution is 0.0697. The third-order valence-corrected chi connectivity index (χ3v) is 3.33. The number of hydrogen-bond acceptors (Lipinski definition) is 6. The van der Waals surface area contributed by atoms with Crippen LogP contribution < -0.4 is 11.1 Å². The van der Waals surface area contributed by atoms with Crippen LogP contribution in [0, 0.1) is 6.92 Å². The van der Waals surface area contributed by atoms with E-state index in [4.69, 9.17) is 10.8 Å². The molecule has 3 aromatic rings. The second kappa shape index (κ2) is 6.33. The van der Waals surface area contributed by atoms with E-state index in [-0.39, 0.29) is 11.5 Å². The molecule has 0 fully saturated rings. The number of carbonyl (C=O) groups is 1. The maximum absolute atomic E-state index is 11.1. The lowest BCUT2D eigenvalue weighted by atomic mass is 10.1. The number of hydrogen-bond donors (Lipinski definition) is 3. The largest absolute Gasteiger partial charge is 0.478 e. The lowest BCUT2D eigenvalue weighted by Crippen LogP contribution is -2.05. The number of nitrogens with one attached hydrogen (secondary N) is 1. The highest BCUT2D eigenvalue weighted by atomic mass is 16.4. The Morgan fingerprint density at radius 3 is 2.54 bits per heavy atom. The molecule has 0 aliphatic heterocycles. The number of benzene rings is 2. The fraction of sp³-hybridized carbons (Fsp3) is 0.0588. The molecule has 0 spiro atoms.